The molecule has 0 spiro atoms. The van der Waals surface area contributed by atoms with E-state index < -0.39 is 0 Å². The molecule has 3 heteroatoms. The molecule has 0 bridgehead atoms. The molecule has 0 aliphatic heterocycles. The smallest absolute Gasteiger partial charge is 0.306 e. The third-order valence-corrected chi connectivity index (χ3v) is 1.80. The third-order valence-electron chi connectivity index (χ3n) is 1.80. The van der Waals surface area contributed by atoms with Crippen molar-refractivity contribution in [2.45, 2.75) is 40.5 Å². The van der Waals surface area contributed by atoms with E-state index in [-0.39, 0.29) is 24.1 Å². The summed E-state index contributed by atoms with van der Waals surface area (Å²) in [5, 5.41) is 0. The van der Waals surface area contributed by atoms with Crippen molar-refractivity contribution in [1.29, 1.82) is 0 Å². The summed E-state index contributed by atoms with van der Waals surface area (Å²) in [7, 11) is 0. The first-order chi connectivity index (χ1) is 6.43. The largest absolute Gasteiger partial charge is 0.465 e. The Labute approximate surface area is 85.8 Å². The van der Waals surface area contributed by atoms with Crippen molar-refractivity contribution in [2.24, 2.45) is 11.8 Å². The van der Waals surface area contributed by atoms with Gasteiger partial charge in [-0.1, -0.05) is 27.7 Å². The predicted octanol–water partition coefficient (Wildman–Crippen LogP) is 2.19. The molecule has 0 radical (unpaired) electrons. The van der Waals surface area contributed by atoms with E-state index in [9.17, 15) is 9.59 Å². The van der Waals surface area contributed by atoms with Crippen LogP contribution in [0.5, 0.6) is 0 Å². The highest BCUT2D eigenvalue weighted by atomic mass is 16.5. The average Bonchev–Trinajstić information content (AvgIpc) is 2.10. The zero-order chi connectivity index (χ0) is 11.1. The number of esters is 1. The lowest BCUT2D eigenvalue weighted by molar-refractivity contribution is -0.146. The molecule has 0 aliphatic rings. The highest BCUT2D eigenvalue weighted by Gasteiger charge is 2.11. The van der Waals surface area contributed by atoms with Crippen LogP contribution in [-0.2, 0) is 14.3 Å². The van der Waals surface area contributed by atoms with Gasteiger partial charge in [0.1, 0.15) is 5.78 Å². The molecule has 3 nitrogen and oxygen atoms in total. The Kier molecular flexibility index (Phi) is 6.17. The Balaban J connectivity index is 3.59. The van der Waals surface area contributed by atoms with Gasteiger partial charge in [0.05, 0.1) is 13.0 Å². The van der Waals surface area contributed by atoms with E-state index in [1.54, 1.807) is 0 Å². The van der Waals surface area contributed by atoms with Gasteiger partial charge in [-0.05, 0) is 5.92 Å². The number of carbonyl (C=O) groups is 2. The molecule has 82 valence electrons. The van der Waals surface area contributed by atoms with Crippen LogP contribution in [0.25, 0.3) is 0 Å². The quantitative estimate of drug-likeness (QED) is 0.617. The van der Waals surface area contributed by atoms with Gasteiger partial charge in [-0.2, -0.15) is 0 Å². The van der Waals surface area contributed by atoms with Gasteiger partial charge in [-0.15, -0.1) is 0 Å². The first kappa shape index (κ1) is 13.1. The SMILES string of the molecule is CC(C)COC(=O)CCC(=O)C(C)C. The second-order valence-corrected chi connectivity index (χ2v) is 4.20. The molecule has 0 N–H and O–H groups in total. The summed E-state index contributed by atoms with van der Waals surface area (Å²) in [6, 6.07) is 0. The zero-order valence-corrected chi connectivity index (χ0v) is 9.50. The van der Waals surface area contributed by atoms with Crippen molar-refractivity contribution in [3.63, 3.8) is 0 Å². The van der Waals surface area contributed by atoms with Gasteiger partial charge in [-0.25, -0.2) is 0 Å². The fourth-order valence-corrected chi connectivity index (χ4v) is 0.846. The van der Waals surface area contributed by atoms with E-state index in [2.05, 4.69) is 0 Å². The first-order valence-electron chi connectivity index (χ1n) is 5.11. The Morgan fingerprint density at radius 2 is 1.64 bits per heavy atom. The van der Waals surface area contributed by atoms with Crippen molar-refractivity contribution >= 4 is 11.8 Å². The number of ether oxygens (including phenoxy) is 1. The van der Waals surface area contributed by atoms with E-state index in [1.165, 1.54) is 0 Å². The lowest BCUT2D eigenvalue weighted by Gasteiger charge is -2.07. The molecule has 0 rings (SSSR count). The Morgan fingerprint density at radius 3 is 2.07 bits per heavy atom. The van der Waals surface area contributed by atoms with E-state index in [0.29, 0.717) is 18.9 Å². The minimum absolute atomic E-state index is 0.00731. The van der Waals surface area contributed by atoms with Crippen LogP contribution in [0.3, 0.4) is 0 Å². The predicted molar refractivity (Wildman–Crippen MR) is 54.9 cm³/mol. The van der Waals surface area contributed by atoms with E-state index in [4.69, 9.17) is 4.74 Å². The summed E-state index contributed by atoms with van der Waals surface area (Å²) in [6.07, 6.45) is 0.512. The summed E-state index contributed by atoms with van der Waals surface area (Å²) in [5.41, 5.74) is 0. The minimum atomic E-state index is -0.271. The van der Waals surface area contributed by atoms with E-state index >= 15 is 0 Å². The van der Waals surface area contributed by atoms with E-state index in [0.717, 1.165) is 0 Å². The van der Waals surface area contributed by atoms with Crippen LogP contribution in [-0.4, -0.2) is 18.4 Å². The van der Waals surface area contributed by atoms with Gasteiger partial charge >= 0.3 is 5.97 Å². The Hall–Kier alpha value is -0.860. The second-order valence-electron chi connectivity index (χ2n) is 4.20. The number of rotatable bonds is 6. The van der Waals surface area contributed by atoms with Crippen molar-refractivity contribution in [3.8, 4) is 0 Å². The maximum absolute atomic E-state index is 11.2. The molecule has 0 aromatic heterocycles. The lowest BCUT2D eigenvalue weighted by atomic mass is 10.1. The minimum Gasteiger partial charge on any atom is -0.465 e. The molecule has 0 atom stereocenters. The molecular weight excluding hydrogens is 180 g/mol. The highest BCUT2D eigenvalue weighted by molar-refractivity contribution is 5.84. The first-order valence-corrected chi connectivity index (χ1v) is 5.11. The summed E-state index contributed by atoms with van der Waals surface area (Å²) in [5.74, 6) is 0.201. The van der Waals surface area contributed by atoms with Crippen LogP contribution in [0.4, 0.5) is 0 Å². The van der Waals surface area contributed by atoms with Crippen LogP contribution < -0.4 is 0 Å². The summed E-state index contributed by atoms with van der Waals surface area (Å²) in [6.45, 7) is 8.07. The Bertz CT molecular complexity index is 195. The van der Waals surface area contributed by atoms with E-state index in [1.807, 2.05) is 27.7 Å². The molecule has 14 heavy (non-hydrogen) atoms. The second kappa shape index (κ2) is 6.57. The van der Waals surface area contributed by atoms with Gasteiger partial charge in [0.2, 0.25) is 0 Å². The maximum Gasteiger partial charge on any atom is 0.306 e. The van der Waals surface area contributed by atoms with Gasteiger partial charge in [0, 0.05) is 12.3 Å². The molecule has 0 aliphatic carbocycles. The molecule has 0 fully saturated rings. The van der Waals surface area contributed by atoms with Gasteiger partial charge in [0.15, 0.2) is 0 Å². The number of ketones is 1. The van der Waals surface area contributed by atoms with Gasteiger partial charge in [-0.3, -0.25) is 9.59 Å². The fraction of sp³-hybridized carbons (Fsp3) is 0.818. The fourth-order valence-electron chi connectivity index (χ4n) is 0.846. The molecule has 0 heterocycles. The van der Waals surface area contributed by atoms with Gasteiger partial charge in [0.25, 0.3) is 0 Å². The topological polar surface area (TPSA) is 43.4 Å². The summed E-state index contributed by atoms with van der Waals surface area (Å²) in [4.78, 5) is 22.3. The number of Topliss-reactive ketones (excluding diaryl/α,β-unsaturated/α-hetero) is 1. The third kappa shape index (κ3) is 6.63. The monoisotopic (exact) mass is 200 g/mol. The van der Waals surface area contributed by atoms with Gasteiger partial charge < -0.3 is 4.74 Å². The van der Waals surface area contributed by atoms with Crippen molar-refractivity contribution < 1.29 is 14.3 Å². The molecule has 0 aromatic carbocycles. The summed E-state index contributed by atoms with van der Waals surface area (Å²) < 4.78 is 4.94. The number of hydrogen-bond donors (Lipinski definition) is 0. The molecule has 0 amide bonds. The Morgan fingerprint density at radius 1 is 1.07 bits per heavy atom. The van der Waals surface area contributed by atoms with Crippen LogP contribution in [0.2, 0.25) is 0 Å². The maximum atomic E-state index is 11.2. The average molecular weight is 200 g/mol. The molecule has 0 aromatic rings. The van der Waals surface area contributed by atoms with Crippen molar-refractivity contribution in [3.05, 3.63) is 0 Å². The number of carbonyl (C=O) groups excluding carboxylic acids is 2. The molecule has 0 saturated carbocycles. The van der Waals surface area contributed by atoms with Crippen molar-refractivity contribution in [1.82, 2.24) is 0 Å². The molecule has 0 saturated heterocycles. The standard InChI is InChI=1S/C11H20O3/c1-8(2)7-14-11(13)6-5-10(12)9(3)4/h8-9H,5-7H2,1-4H3. The zero-order valence-electron chi connectivity index (χ0n) is 9.50. The molecular formula is C11H20O3. The van der Waals surface area contributed by atoms with Crippen LogP contribution in [0, 0.1) is 11.8 Å². The normalized spacial score (nSPS) is 10.7. The lowest BCUT2D eigenvalue weighted by Crippen LogP contribution is -2.13. The number of hydrogen-bond acceptors (Lipinski definition) is 3. The van der Waals surface area contributed by atoms with Crippen molar-refractivity contribution in [2.75, 3.05) is 6.61 Å². The summed E-state index contributed by atoms with van der Waals surface area (Å²) >= 11 is 0. The van der Waals surface area contributed by atoms with Crippen LogP contribution >= 0.6 is 0 Å². The van der Waals surface area contributed by atoms with Crippen LogP contribution in [0.1, 0.15) is 40.5 Å². The van der Waals surface area contributed by atoms with Crippen LogP contribution in [0.15, 0.2) is 0 Å². The highest BCUT2D eigenvalue weighted by Crippen LogP contribution is 2.03. The molecule has 0 unspecified atom stereocenters.